The monoisotopic (exact) mass is 393 g/mol. The van der Waals surface area contributed by atoms with E-state index in [1.165, 1.54) is 0 Å². The highest BCUT2D eigenvalue weighted by molar-refractivity contribution is 7.90. The molecule has 2 rings (SSSR count). The number of rotatable bonds is 9. The molecule has 0 aliphatic rings. The van der Waals surface area contributed by atoms with E-state index in [1.54, 1.807) is 31.2 Å². The van der Waals surface area contributed by atoms with Crippen LogP contribution in [0.1, 0.15) is 29.7 Å². The molecule has 3 N–H and O–H groups in total. The largest absolute Gasteiger partial charge is 0.356 e. The molecule has 0 spiro atoms. The number of aromatic nitrogens is 2. The Kier molecular flexibility index (Phi) is 7.12. The SMILES string of the molecule is Cc1[nH]c(=O)[nH]c(=O)c1CCC(=O)NCCCS(=O)(=O)Cc1ccccc1. The van der Waals surface area contributed by atoms with Crippen LogP contribution >= 0.6 is 0 Å². The Bertz CT molecular complexity index is 994. The van der Waals surface area contributed by atoms with Gasteiger partial charge in [0.25, 0.3) is 5.56 Å². The molecule has 1 amide bonds. The third-order valence-corrected chi connectivity index (χ3v) is 5.72. The van der Waals surface area contributed by atoms with Gasteiger partial charge in [0, 0.05) is 24.2 Å². The fourth-order valence-electron chi connectivity index (χ4n) is 2.67. The van der Waals surface area contributed by atoms with Gasteiger partial charge in [-0.2, -0.15) is 0 Å². The van der Waals surface area contributed by atoms with Crippen molar-refractivity contribution in [1.29, 1.82) is 0 Å². The number of aryl methyl sites for hydroxylation is 1. The maximum Gasteiger partial charge on any atom is 0.325 e. The van der Waals surface area contributed by atoms with Crippen LogP contribution in [0.15, 0.2) is 39.9 Å². The number of carbonyl (C=O) groups excluding carboxylic acids is 1. The Morgan fingerprint density at radius 2 is 1.81 bits per heavy atom. The maximum atomic E-state index is 12.1. The number of hydrogen-bond donors (Lipinski definition) is 3. The van der Waals surface area contributed by atoms with Crippen LogP contribution in [-0.2, 0) is 26.8 Å². The van der Waals surface area contributed by atoms with Gasteiger partial charge in [-0.15, -0.1) is 0 Å². The van der Waals surface area contributed by atoms with Crippen LogP contribution in [0.4, 0.5) is 0 Å². The molecule has 0 radical (unpaired) electrons. The van der Waals surface area contributed by atoms with Crippen molar-refractivity contribution in [1.82, 2.24) is 15.3 Å². The van der Waals surface area contributed by atoms with Crippen molar-refractivity contribution in [3.05, 3.63) is 68.0 Å². The zero-order chi connectivity index (χ0) is 19.9. The molecule has 0 aliphatic heterocycles. The highest BCUT2D eigenvalue weighted by atomic mass is 32.2. The molecular weight excluding hydrogens is 370 g/mol. The molecule has 1 heterocycles. The number of nitrogens with one attached hydrogen (secondary N) is 3. The van der Waals surface area contributed by atoms with Crippen LogP contribution in [0.2, 0.25) is 0 Å². The highest BCUT2D eigenvalue weighted by Gasteiger charge is 2.12. The van der Waals surface area contributed by atoms with Gasteiger partial charge in [-0.25, -0.2) is 13.2 Å². The van der Waals surface area contributed by atoms with Crippen molar-refractivity contribution >= 4 is 15.7 Å². The van der Waals surface area contributed by atoms with E-state index in [2.05, 4.69) is 15.3 Å². The molecule has 146 valence electrons. The van der Waals surface area contributed by atoms with E-state index in [4.69, 9.17) is 0 Å². The minimum absolute atomic E-state index is 0.0130. The van der Waals surface area contributed by atoms with Crippen LogP contribution in [-0.4, -0.2) is 36.6 Å². The summed E-state index contributed by atoms with van der Waals surface area (Å²) < 4.78 is 24.2. The van der Waals surface area contributed by atoms with Gasteiger partial charge in [0.15, 0.2) is 9.84 Å². The quantitative estimate of drug-likeness (QED) is 0.532. The van der Waals surface area contributed by atoms with Gasteiger partial charge in [0.05, 0.1) is 11.5 Å². The predicted octanol–water partition coefficient (Wildman–Crippen LogP) is 0.426. The van der Waals surface area contributed by atoms with Gasteiger partial charge in [-0.1, -0.05) is 30.3 Å². The molecule has 8 nitrogen and oxygen atoms in total. The first-order chi connectivity index (χ1) is 12.8. The number of hydrogen-bond acceptors (Lipinski definition) is 5. The van der Waals surface area contributed by atoms with E-state index in [9.17, 15) is 22.8 Å². The minimum atomic E-state index is -3.23. The van der Waals surface area contributed by atoms with Crippen molar-refractivity contribution in [2.24, 2.45) is 0 Å². The Morgan fingerprint density at radius 1 is 1.11 bits per heavy atom. The minimum Gasteiger partial charge on any atom is -0.356 e. The van der Waals surface area contributed by atoms with Gasteiger partial charge in [0.1, 0.15) is 0 Å². The number of H-pyrrole nitrogens is 2. The fourth-order valence-corrected chi connectivity index (χ4v) is 4.10. The number of amides is 1. The molecule has 0 aliphatic carbocycles. The molecule has 0 atom stereocenters. The second-order valence-corrected chi connectivity index (χ2v) is 8.48. The van der Waals surface area contributed by atoms with Crippen LogP contribution in [0.3, 0.4) is 0 Å². The van der Waals surface area contributed by atoms with Crippen molar-refractivity contribution in [3.63, 3.8) is 0 Å². The van der Waals surface area contributed by atoms with E-state index in [1.807, 2.05) is 6.07 Å². The normalized spacial score (nSPS) is 11.3. The van der Waals surface area contributed by atoms with Crippen LogP contribution < -0.4 is 16.6 Å². The smallest absolute Gasteiger partial charge is 0.325 e. The summed E-state index contributed by atoms with van der Waals surface area (Å²) in [6, 6.07) is 8.94. The lowest BCUT2D eigenvalue weighted by molar-refractivity contribution is -0.121. The summed E-state index contributed by atoms with van der Waals surface area (Å²) in [6.45, 7) is 1.84. The first-order valence-electron chi connectivity index (χ1n) is 8.60. The van der Waals surface area contributed by atoms with E-state index >= 15 is 0 Å². The van der Waals surface area contributed by atoms with Gasteiger partial charge in [0.2, 0.25) is 5.91 Å². The van der Waals surface area contributed by atoms with E-state index < -0.39 is 21.1 Å². The third-order valence-electron chi connectivity index (χ3n) is 4.04. The van der Waals surface area contributed by atoms with Crippen molar-refractivity contribution in [2.75, 3.05) is 12.3 Å². The number of benzene rings is 1. The Morgan fingerprint density at radius 3 is 2.48 bits per heavy atom. The van der Waals surface area contributed by atoms with Crippen molar-refractivity contribution < 1.29 is 13.2 Å². The van der Waals surface area contributed by atoms with Crippen LogP contribution in [0, 0.1) is 6.92 Å². The second kappa shape index (κ2) is 9.31. The molecule has 0 saturated heterocycles. The molecule has 1 aromatic heterocycles. The maximum absolute atomic E-state index is 12.1. The third kappa shape index (κ3) is 6.86. The number of carbonyl (C=O) groups is 1. The molecular formula is C18H23N3O5S. The number of sulfone groups is 1. The average molecular weight is 393 g/mol. The van der Waals surface area contributed by atoms with E-state index in [0.29, 0.717) is 17.7 Å². The predicted molar refractivity (Wildman–Crippen MR) is 102 cm³/mol. The molecule has 0 fully saturated rings. The average Bonchev–Trinajstić information content (AvgIpc) is 2.58. The standard InChI is InChI=1S/C18H23N3O5S/c1-13-15(17(23)21-18(24)20-13)8-9-16(22)19-10-5-11-27(25,26)12-14-6-3-2-4-7-14/h2-4,6-7H,5,8-12H2,1H3,(H,19,22)(H2,20,21,23,24). The lowest BCUT2D eigenvalue weighted by Crippen LogP contribution is -2.30. The zero-order valence-corrected chi connectivity index (χ0v) is 15.9. The van der Waals surface area contributed by atoms with Crippen molar-refractivity contribution in [3.8, 4) is 0 Å². The van der Waals surface area contributed by atoms with Gasteiger partial charge in [-0.3, -0.25) is 14.6 Å². The number of aromatic amines is 2. The second-order valence-electron chi connectivity index (χ2n) is 6.29. The summed E-state index contributed by atoms with van der Waals surface area (Å²) in [5.74, 6) is -0.308. The molecule has 0 bridgehead atoms. The summed E-state index contributed by atoms with van der Waals surface area (Å²) in [7, 11) is -3.23. The Balaban J connectivity index is 1.73. The van der Waals surface area contributed by atoms with E-state index in [0.717, 1.165) is 5.56 Å². The van der Waals surface area contributed by atoms with Gasteiger partial charge in [-0.05, 0) is 25.3 Å². The molecule has 0 saturated carbocycles. The van der Waals surface area contributed by atoms with Crippen LogP contribution in [0.5, 0.6) is 0 Å². The first-order valence-corrected chi connectivity index (χ1v) is 10.4. The molecule has 2 aromatic rings. The lowest BCUT2D eigenvalue weighted by atomic mass is 10.1. The molecule has 0 unspecified atom stereocenters. The lowest BCUT2D eigenvalue weighted by Gasteiger charge is -2.07. The summed E-state index contributed by atoms with van der Waals surface area (Å²) in [4.78, 5) is 39.3. The van der Waals surface area contributed by atoms with Crippen LogP contribution in [0.25, 0.3) is 0 Å². The fraction of sp³-hybridized carbons (Fsp3) is 0.389. The summed E-state index contributed by atoms with van der Waals surface area (Å²) >= 11 is 0. The first kappa shape index (κ1) is 20.6. The van der Waals surface area contributed by atoms with E-state index in [-0.39, 0.29) is 36.8 Å². The van der Waals surface area contributed by atoms with Gasteiger partial charge < -0.3 is 10.3 Å². The molecule has 27 heavy (non-hydrogen) atoms. The highest BCUT2D eigenvalue weighted by Crippen LogP contribution is 2.07. The van der Waals surface area contributed by atoms with Gasteiger partial charge >= 0.3 is 5.69 Å². The zero-order valence-electron chi connectivity index (χ0n) is 15.1. The Hall–Kier alpha value is -2.68. The topological polar surface area (TPSA) is 129 Å². The summed E-state index contributed by atoms with van der Waals surface area (Å²) in [5, 5.41) is 2.65. The summed E-state index contributed by atoms with van der Waals surface area (Å²) in [6.07, 6.45) is 0.585. The Labute approximate surface area is 157 Å². The van der Waals surface area contributed by atoms with Crippen molar-refractivity contribution in [2.45, 2.75) is 31.9 Å². The summed E-state index contributed by atoms with van der Waals surface area (Å²) in [5.41, 5.74) is 0.445. The molecule has 1 aromatic carbocycles. The molecule has 9 heteroatoms.